The predicted molar refractivity (Wildman–Crippen MR) is 77.2 cm³/mol. The van der Waals surface area contributed by atoms with Gasteiger partial charge < -0.3 is 10.1 Å². The molecule has 1 aromatic carbocycles. The lowest BCUT2D eigenvalue weighted by Crippen LogP contribution is -2.39. The molecule has 0 aromatic heterocycles. The number of halogens is 1. The van der Waals surface area contributed by atoms with Crippen LogP contribution in [-0.2, 0) is 11.3 Å². The van der Waals surface area contributed by atoms with Gasteiger partial charge in [0.25, 0.3) is 0 Å². The Morgan fingerprint density at radius 1 is 1.44 bits per heavy atom. The van der Waals surface area contributed by atoms with Gasteiger partial charge >= 0.3 is 0 Å². The van der Waals surface area contributed by atoms with E-state index in [0.29, 0.717) is 5.92 Å². The molecule has 98 valence electrons. The summed E-state index contributed by atoms with van der Waals surface area (Å²) in [6.45, 7) is 7.02. The smallest absolute Gasteiger partial charge is 0.0863 e. The number of hydrogen-bond acceptors (Lipinski definition) is 2. The third-order valence-corrected chi connectivity index (χ3v) is 4.08. The molecular formula is C15H20ClNO. The van der Waals surface area contributed by atoms with Crippen LogP contribution >= 0.6 is 12.4 Å². The number of ether oxygens (including phenoxy) is 1. The van der Waals surface area contributed by atoms with E-state index in [4.69, 9.17) is 4.74 Å². The maximum Gasteiger partial charge on any atom is 0.0863 e. The number of hydrogen-bond donors (Lipinski definition) is 1. The molecular weight excluding hydrogens is 246 g/mol. The molecule has 0 spiro atoms. The molecule has 3 rings (SSSR count). The Balaban J connectivity index is 0.00000120. The maximum atomic E-state index is 6.11. The molecule has 2 nitrogen and oxygen atoms in total. The topological polar surface area (TPSA) is 21.3 Å². The molecule has 2 aliphatic rings. The Labute approximate surface area is 115 Å². The summed E-state index contributed by atoms with van der Waals surface area (Å²) in [6.07, 6.45) is 4.27. The van der Waals surface area contributed by atoms with Crippen molar-refractivity contribution in [3.8, 4) is 0 Å². The average Bonchev–Trinajstić information content (AvgIpc) is 2.72. The van der Waals surface area contributed by atoms with Gasteiger partial charge in [0.2, 0.25) is 0 Å². The molecule has 0 saturated carbocycles. The minimum atomic E-state index is -0.0123. The van der Waals surface area contributed by atoms with Crippen molar-refractivity contribution in [3.63, 3.8) is 0 Å². The molecule has 2 heterocycles. The van der Waals surface area contributed by atoms with Gasteiger partial charge in [-0.05, 0) is 30.5 Å². The lowest BCUT2D eigenvalue weighted by atomic mass is 9.80. The highest BCUT2D eigenvalue weighted by atomic mass is 35.5. The molecule has 2 atom stereocenters. The molecule has 18 heavy (non-hydrogen) atoms. The summed E-state index contributed by atoms with van der Waals surface area (Å²) in [5.74, 6) is 0.497. The SMILES string of the molecule is CC=Cc1cccc2c1CO[C@]1(C)CNC[C@H]21.Cl. The largest absolute Gasteiger partial charge is 0.369 e. The van der Waals surface area contributed by atoms with Crippen molar-refractivity contribution in [1.82, 2.24) is 5.32 Å². The summed E-state index contributed by atoms with van der Waals surface area (Å²) < 4.78 is 6.11. The fraction of sp³-hybridized carbons (Fsp3) is 0.467. The molecule has 0 radical (unpaired) electrons. The zero-order valence-corrected chi connectivity index (χ0v) is 11.7. The van der Waals surface area contributed by atoms with Gasteiger partial charge in [0, 0.05) is 19.0 Å². The number of rotatable bonds is 1. The van der Waals surface area contributed by atoms with E-state index in [0.717, 1.165) is 19.7 Å². The first-order valence-electron chi connectivity index (χ1n) is 6.34. The van der Waals surface area contributed by atoms with Crippen LogP contribution in [0.4, 0.5) is 0 Å². The summed E-state index contributed by atoms with van der Waals surface area (Å²) >= 11 is 0. The molecule has 1 aromatic rings. The van der Waals surface area contributed by atoms with Gasteiger partial charge in [-0.3, -0.25) is 0 Å². The lowest BCUT2D eigenvalue weighted by molar-refractivity contribution is -0.0518. The van der Waals surface area contributed by atoms with Gasteiger partial charge in [-0.25, -0.2) is 0 Å². The standard InChI is InChI=1S/C15H19NO.ClH/c1-3-5-11-6-4-7-12-13(11)9-17-15(2)10-16-8-14(12)15;/h3-7,14,16H,8-10H2,1-2H3;1H/t14-,15-;/m1./s1. The van der Waals surface area contributed by atoms with Crippen molar-refractivity contribution < 1.29 is 4.74 Å². The van der Waals surface area contributed by atoms with Gasteiger partial charge in [-0.15, -0.1) is 12.4 Å². The highest BCUT2D eigenvalue weighted by Gasteiger charge is 2.44. The summed E-state index contributed by atoms with van der Waals surface area (Å²) in [5.41, 5.74) is 4.14. The van der Waals surface area contributed by atoms with Crippen LogP contribution in [0.3, 0.4) is 0 Å². The summed E-state index contributed by atoms with van der Waals surface area (Å²) in [7, 11) is 0. The second-order valence-corrected chi connectivity index (χ2v) is 5.20. The van der Waals surface area contributed by atoms with E-state index >= 15 is 0 Å². The quantitative estimate of drug-likeness (QED) is 0.842. The zero-order valence-electron chi connectivity index (χ0n) is 10.9. The van der Waals surface area contributed by atoms with E-state index in [-0.39, 0.29) is 18.0 Å². The summed E-state index contributed by atoms with van der Waals surface area (Å²) in [4.78, 5) is 0. The van der Waals surface area contributed by atoms with Crippen LogP contribution in [-0.4, -0.2) is 18.7 Å². The van der Waals surface area contributed by atoms with Crippen LogP contribution in [0.2, 0.25) is 0 Å². The van der Waals surface area contributed by atoms with Crippen molar-refractivity contribution in [3.05, 3.63) is 41.0 Å². The predicted octanol–water partition coefficient (Wildman–Crippen LogP) is 3.12. The Bertz CT molecular complexity index is 472. The van der Waals surface area contributed by atoms with E-state index in [1.54, 1.807) is 0 Å². The van der Waals surface area contributed by atoms with Gasteiger partial charge in [-0.1, -0.05) is 30.4 Å². The van der Waals surface area contributed by atoms with Crippen LogP contribution in [0.15, 0.2) is 24.3 Å². The van der Waals surface area contributed by atoms with E-state index in [9.17, 15) is 0 Å². The van der Waals surface area contributed by atoms with Crippen LogP contribution < -0.4 is 5.32 Å². The summed E-state index contributed by atoms with van der Waals surface area (Å²) in [5, 5.41) is 3.45. The normalized spacial score (nSPS) is 29.8. The molecule has 3 heteroatoms. The first-order valence-corrected chi connectivity index (χ1v) is 6.34. The molecule has 0 bridgehead atoms. The highest BCUT2D eigenvalue weighted by Crippen LogP contribution is 2.42. The number of fused-ring (bicyclic) bond motifs is 3. The molecule has 1 saturated heterocycles. The first-order chi connectivity index (χ1) is 8.24. The Morgan fingerprint density at radius 3 is 3.06 bits per heavy atom. The fourth-order valence-corrected chi connectivity index (χ4v) is 3.08. The molecule has 1 fully saturated rings. The van der Waals surface area contributed by atoms with Crippen molar-refractivity contribution >= 4 is 18.5 Å². The van der Waals surface area contributed by atoms with Crippen molar-refractivity contribution in [2.45, 2.75) is 32.0 Å². The minimum absolute atomic E-state index is 0. The van der Waals surface area contributed by atoms with Crippen LogP contribution in [0, 0.1) is 0 Å². The van der Waals surface area contributed by atoms with Crippen LogP contribution in [0.25, 0.3) is 6.08 Å². The number of nitrogens with one attached hydrogen (secondary N) is 1. The Kier molecular flexibility index (Phi) is 3.81. The van der Waals surface area contributed by atoms with Crippen LogP contribution in [0.1, 0.15) is 36.5 Å². The maximum absolute atomic E-state index is 6.11. The summed E-state index contributed by atoms with van der Waals surface area (Å²) in [6, 6.07) is 6.60. The minimum Gasteiger partial charge on any atom is -0.369 e. The second-order valence-electron chi connectivity index (χ2n) is 5.20. The number of benzene rings is 1. The zero-order chi connectivity index (χ0) is 11.9. The first kappa shape index (κ1) is 13.6. The van der Waals surface area contributed by atoms with E-state index in [2.05, 4.69) is 49.5 Å². The number of allylic oxidation sites excluding steroid dienone is 1. The molecule has 1 N–H and O–H groups in total. The molecule has 0 aliphatic carbocycles. The lowest BCUT2D eigenvalue weighted by Gasteiger charge is -2.37. The molecule has 2 aliphatic heterocycles. The van der Waals surface area contributed by atoms with E-state index in [1.807, 2.05) is 0 Å². The highest BCUT2D eigenvalue weighted by molar-refractivity contribution is 5.85. The average molecular weight is 266 g/mol. The van der Waals surface area contributed by atoms with Crippen molar-refractivity contribution in [2.75, 3.05) is 13.1 Å². The fourth-order valence-electron chi connectivity index (χ4n) is 3.08. The van der Waals surface area contributed by atoms with Crippen molar-refractivity contribution in [2.24, 2.45) is 0 Å². The Hall–Kier alpha value is -0.830. The third-order valence-electron chi connectivity index (χ3n) is 4.08. The van der Waals surface area contributed by atoms with Gasteiger partial charge in [0.05, 0.1) is 12.2 Å². The van der Waals surface area contributed by atoms with Gasteiger partial charge in [0.1, 0.15) is 0 Å². The molecule has 0 amide bonds. The monoisotopic (exact) mass is 265 g/mol. The van der Waals surface area contributed by atoms with E-state index in [1.165, 1.54) is 16.7 Å². The van der Waals surface area contributed by atoms with Gasteiger partial charge in [-0.2, -0.15) is 0 Å². The van der Waals surface area contributed by atoms with Crippen molar-refractivity contribution in [1.29, 1.82) is 0 Å². The third kappa shape index (κ3) is 1.99. The van der Waals surface area contributed by atoms with E-state index < -0.39 is 0 Å². The molecule has 0 unspecified atom stereocenters. The Morgan fingerprint density at radius 2 is 2.28 bits per heavy atom. The van der Waals surface area contributed by atoms with Gasteiger partial charge in [0.15, 0.2) is 0 Å². The second kappa shape index (κ2) is 5.04. The van der Waals surface area contributed by atoms with Crippen LogP contribution in [0.5, 0.6) is 0 Å².